The molecule has 0 radical (unpaired) electrons. The van der Waals surface area contributed by atoms with Gasteiger partial charge in [0.2, 0.25) is 0 Å². The van der Waals surface area contributed by atoms with Crippen LogP contribution in [0, 0.1) is 0 Å². The maximum Gasteiger partial charge on any atom is 0.193 e. The van der Waals surface area contributed by atoms with Gasteiger partial charge in [-0.25, -0.2) is 0 Å². The van der Waals surface area contributed by atoms with Gasteiger partial charge in [0.15, 0.2) is 5.96 Å². The quantitative estimate of drug-likeness (QED) is 0.432. The van der Waals surface area contributed by atoms with Gasteiger partial charge >= 0.3 is 0 Å². The van der Waals surface area contributed by atoms with E-state index in [-0.39, 0.29) is 0 Å². The number of rotatable bonds is 9. The fourth-order valence-corrected chi connectivity index (χ4v) is 2.63. The number of benzene rings is 1. The SMILES string of the molecule is CCNC(=NCCCCn1cnnc1)N(C)Cc1ccc(CC)cc1. The highest BCUT2D eigenvalue weighted by atomic mass is 15.3. The first-order chi connectivity index (χ1) is 12.2. The van der Waals surface area contributed by atoms with Crippen LogP contribution in [0.2, 0.25) is 0 Å². The molecule has 2 aromatic rings. The molecule has 6 nitrogen and oxygen atoms in total. The van der Waals surface area contributed by atoms with E-state index < -0.39 is 0 Å². The fraction of sp³-hybridized carbons (Fsp3) is 0.526. The van der Waals surface area contributed by atoms with Gasteiger partial charge in [-0.2, -0.15) is 0 Å². The highest BCUT2D eigenvalue weighted by Gasteiger charge is 2.06. The van der Waals surface area contributed by atoms with Crippen LogP contribution in [-0.2, 0) is 19.5 Å². The van der Waals surface area contributed by atoms with Crippen molar-refractivity contribution in [2.45, 2.75) is 46.2 Å². The Morgan fingerprint density at radius 1 is 1.08 bits per heavy atom. The third kappa shape index (κ3) is 6.57. The molecule has 0 bridgehead atoms. The number of nitrogens with one attached hydrogen (secondary N) is 1. The number of unbranched alkanes of at least 4 members (excludes halogenated alkanes) is 1. The number of hydrogen-bond donors (Lipinski definition) is 1. The van der Waals surface area contributed by atoms with Crippen molar-refractivity contribution in [3.63, 3.8) is 0 Å². The highest BCUT2D eigenvalue weighted by molar-refractivity contribution is 5.79. The molecule has 0 atom stereocenters. The van der Waals surface area contributed by atoms with Crippen LogP contribution in [0.15, 0.2) is 41.9 Å². The van der Waals surface area contributed by atoms with Crippen LogP contribution in [0.25, 0.3) is 0 Å². The summed E-state index contributed by atoms with van der Waals surface area (Å²) in [6.07, 6.45) is 6.71. The second kappa shape index (κ2) is 10.5. The van der Waals surface area contributed by atoms with E-state index in [9.17, 15) is 0 Å². The average molecular weight is 342 g/mol. The van der Waals surface area contributed by atoms with Crippen LogP contribution < -0.4 is 5.32 Å². The first kappa shape index (κ1) is 19.0. The Hall–Kier alpha value is -2.37. The molecule has 1 N–H and O–H groups in total. The van der Waals surface area contributed by atoms with E-state index in [2.05, 4.69) is 65.6 Å². The Bertz CT molecular complexity index is 618. The summed E-state index contributed by atoms with van der Waals surface area (Å²) in [6.45, 7) is 7.78. The number of aromatic nitrogens is 3. The molecule has 25 heavy (non-hydrogen) atoms. The van der Waals surface area contributed by atoms with E-state index in [4.69, 9.17) is 4.99 Å². The van der Waals surface area contributed by atoms with Gasteiger partial charge in [0, 0.05) is 33.2 Å². The third-order valence-electron chi connectivity index (χ3n) is 4.10. The van der Waals surface area contributed by atoms with Crippen molar-refractivity contribution in [2.24, 2.45) is 4.99 Å². The molecule has 1 aromatic carbocycles. The Morgan fingerprint density at radius 2 is 1.76 bits per heavy atom. The fourth-order valence-electron chi connectivity index (χ4n) is 2.63. The second-order valence-corrected chi connectivity index (χ2v) is 6.17. The maximum absolute atomic E-state index is 4.75. The minimum atomic E-state index is 0.823. The summed E-state index contributed by atoms with van der Waals surface area (Å²) in [5.41, 5.74) is 2.68. The summed E-state index contributed by atoms with van der Waals surface area (Å²) in [6, 6.07) is 8.83. The molecule has 1 heterocycles. The molecule has 0 saturated heterocycles. The molecule has 136 valence electrons. The number of nitrogens with zero attached hydrogens (tertiary/aromatic N) is 5. The smallest absolute Gasteiger partial charge is 0.193 e. The second-order valence-electron chi connectivity index (χ2n) is 6.17. The number of guanidine groups is 1. The zero-order valence-electron chi connectivity index (χ0n) is 15.6. The lowest BCUT2D eigenvalue weighted by atomic mass is 10.1. The summed E-state index contributed by atoms with van der Waals surface area (Å²) < 4.78 is 2.00. The maximum atomic E-state index is 4.75. The lowest BCUT2D eigenvalue weighted by Crippen LogP contribution is -2.38. The van der Waals surface area contributed by atoms with Crippen molar-refractivity contribution in [1.29, 1.82) is 0 Å². The Morgan fingerprint density at radius 3 is 2.40 bits per heavy atom. The normalized spacial score (nSPS) is 11.6. The van der Waals surface area contributed by atoms with E-state index in [1.54, 1.807) is 12.7 Å². The van der Waals surface area contributed by atoms with Gasteiger partial charge in [0.1, 0.15) is 12.7 Å². The van der Waals surface area contributed by atoms with Crippen LogP contribution in [0.5, 0.6) is 0 Å². The monoisotopic (exact) mass is 342 g/mol. The molecule has 2 rings (SSSR count). The van der Waals surface area contributed by atoms with Crippen LogP contribution in [0.1, 0.15) is 37.8 Å². The average Bonchev–Trinajstić information content (AvgIpc) is 3.14. The zero-order chi connectivity index (χ0) is 17.9. The van der Waals surface area contributed by atoms with Crippen molar-refractivity contribution in [1.82, 2.24) is 25.0 Å². The van der Waals surface area contributed by atoms with Crippen molar-refractivity contribution >= 4 is 5.96 Å². The predicted molar refractivity (Wildman–Crippen MR) is 103 cm³/mol. The van der Waals surface area contributed by atoms with Crippen LogP contribution >= 0.6 is 0 Å². The van der Waals surface area contributed by atoms with Crippen molar-refractivity contribution < 1.29 is 0 Å². The summed E-state index contributed by atoms with van der Waals surface area (Å²) in [5.74, 6) is 0.964. The molecule has 0 unspecified atom stereocenters. The molecule has 1 aromatic heterocycles. The van der Waals surface area contributed by atoms with Gasteiger partial charge in [0.05, 0.1) is 0 Å². The summed E-state index contributed by atoms with van der Waals surface area (Å²) in [7, 11) is 2.09. The van der Waals surface area contributed by atoms with Gasteiger partial charge in [-0.1, -0.05) is 31.2 Å². The lowest BCUT2D eigenvalue weighted by molar-refractivity contribution is 0.475. The summed E-state index contributed by atoms with van der Waals surface area (Å²) >= 11 is 0. The Balaban J connectivity index is 1.81. The Kier molecular flexibility index (Phi) is 7.95. The van der Waals surface area contributed by atoms with Crippen molar-refractivity contribution in [2.75, 3.05) is 20.1 Å². The van der Waals surface area contributed by atoms with Gasteiger partial charge in [-0.3, -0.25) is 4.99 Å². The molecule has 0 fully saturated rings. The van der Waals surface area contributed by atoms with Crippen LogP contribution in [-0.4, -0.2) is 45.8 Å². The molecule has 0 spiro atoms. The third-order valence-corrected chi connectivity index (χ3v) is 4.10. The molecular formula is C19H30N6. The van der Waals surface area contributed by atoms with Gasteiger partial charge in [0.25, 0.3) is 0 Å². The number of aliphatic imine (C=N–C) groups is 1. The van der Waals surface area contributed by atoms with Crippen LogP contribution in [0.4, 0.5) is 0 Å². The van der Waals surface area contributed by atoms with Gasteiger partial charge in [-0.15, -0.1) is 10.2 Å². The van der Waals surface area contributed by atoms with E-state index in [1.807, 2.05) is 4.57 Å². The first-order valence-electron chi connectivity index (χ1n) is 9.12. The van der Waals surface area contributed by atoms with Crippen LogP contribution in [0.3, 0.4) is 0 Å². The lowest BCUT2D eigenvalue weighted by Gasteiger charge is -2.22. The topological polar surface area (TPSA) is 58.3 Å². The number of hydrogen-bond acceptors (Lipinski definition) is 3. The van der Waals surface area contributed by atoms with Crippen molar-refractivity contribution in [3.05, 3.63) is 48.0 Å². The predicted octanol–water partition coefficient (Wildman–Crippen LogP) is 2.72. The minimum absolute atomic E-state index is 0.823. The molecular weight excluding hydrogens is 312 g/mol. The summed E-state index contributed by atoms with van der Waals surface area (Å²) in [4.78, 5) is 6.94. The van der Waals surface area contributed by atoms with Gasteiger partial charge < -0.3 is 14.8 Å². The standard InChI is InChI=1S/C19H30N6/c1-4-17-8-10-18(11-9-17)14-24(3)19(20-5-2)21-12-6-7-13-25-15-22-23-16-25/h8-11,15-16H,4-7,12-14H2,1-3H3,(H,20,21). The minimum Gasteiger partial charge on any atom is -0.357 e. The molecule has 0 amide bonds. The zero-order valence-corrected chi connectivity index (χ0v) is 15.6. The summed E-state index contributed by atoms with van der Waals surface area (Å²) in [5, 5.41) is 11.0. The van der Waals surface area contributed by atoms with E-state index in [1.165, 1.54) is 11.1 Å². The molecule has 6 heteroatoms. The molecule has 0 aliphatic heterocycles. The molecule has 0 saturated carbocycles. The molecule has 0 aliphatic carbocycles. The Labute approximate surface area is 151 Å². The molecule has 0 aliphatic rings. The number of aryl methyl sites for hydroxylation is 2. The van der Waals surface area contributed by atoms with E-state index in [0.29, 0.717) is 0 Å². The largest absolute Gasteiger partial charge is 0.357 e. The van der Waals surface area contributed by atoms with E-state index in [0.717, 1.165) is 51.4 Å². The van der Waals surface area contributed by atoms with Gasteiger partial charge in [-0.05, 0) is 37.3 Å². The highest BCUT2D eigenvalue weighted by Crippen LogP contribution is 2.07. The first-order valence-corrected chi connectivity index (χ1v) is 9.12. The van der Waals surface area contributed by atoms with E-state index >= 15 is 0 Å². The van der Waals surface area contributed by atoms with Crippen molar-refractivity contribution in [3.8, 4) is 0 Å².